The first-order valence-corrected chi connectivity index (χ1v) is 7.70. The molecule has 24 heavy (non-hydrogen) atoms. The summed E-state index contributed by atoms with van der Waals surface area (Å²) in [5, 5.41) is 3.27. The Bertz CT molecular complexity index is 699. The van der Waals surface area contributed by atoms with Crippen LogP contribution in [0.3, 0.4) is 0 Å². The Morgan fingerprint density at radius 2 is 1.75 bits per heavy atom. The first kappa shape index (κ1) is 17.6. The molecule has 2 aromatic rings. The second-order valence-corrected chi connectivity index (χ2v) is 5.39. The van der Waals surface area contributed by atoms with Gasteiger partial charge in [0.15, 0.2) is 0 Å². The van der Waals surface area contributed by atoms with Crippen molar-refractivity contribution in [2.24, 2.45) is 0 Å². The molecule has 0 atom stereocenters. The average Bonchev–Trinajstić information content (AvgIpc) is 3.11. The van der Waals surface area contributed by atoms with E-state index in [0.717, 1.165) is 0 Å². The molecule has 1 heterocycles. The van der Waals surface area contributed by atoms with Crippen molar-refractivity contribution in [1.29, 1.82) is 0 Å². The van der Waals surface area contributed by atoms with E-state index in [1.165, 1.54) is 0 Å². The summed E-state index contributed by atoms with van der Waals surface area (Å²) in [6.45, 7) is 0.347. The largest absolute Gasteiger partial charge is 0.357 e. The van der Waals surface area contributed by atoms with Gasteiger partial charge in [0.1, 0.15) is 5.69 Å². The van der Waals surface area contributed by atoms with Gasteiger partial charge < -0.3 is 10.3 Å². The van der Waals surface area contributed by atoms with Crippen molar-refractivity contribution in [3.05, 3.63) is 58.9 Å². The first-order chi connectivity index (χ1) is 11.6. The van der Waals surface area contributed by atoms with E-state index < -0.39 is 5.91 Å². The van der Waals surface area contributed by atoms with Crippen LogP contribution in [0.2, 0.25) is 5.02 Å². The third kappa shape index (κ3) is 5.44. The number of rotatable bonds is 6. The van der Waals surface area contributed by atoms with Crippen LogP contribution in [0.1, 0.15) is 33.7 Å². The van der Waals surface area contributed by atoms with E-state index in [0.29, 0.717) is 29.2 Å². The minimum absolute atomic E-state index is 0.173. The summed E-state index contributed by atoms with van der Waals surface area (Å²) in [6, 6.07) is 9.79. The summed E-state index contributed by atoms with van der Waals surface area (Å²) in [6.07, 6.45) is 2.23. The molecule has 0 aliphatic rings. The number of hydrogen-bond donors (Lipinski definition) is 4. The number of nitrogens with one attached hydrogen (secondary N) is 4. The SMILES string of the molecule is O=C(CCCNC(=O)c1ccc(Cl)cc1)NNC(=O)c1ccc[nH]1. The standard InChI is InChI=1S/C16H17ClN4O3/c17-12-7-5-11(6-8-12)15(23)19-10-2-4-14(22)20-21-16(24)13-3-1-9-18-13/h1,3,5-9,18H,2,4,10H2,(H,19,23)(H,20,22)(H,21,24). The molecule has 0 spiro atoms. The van der Waals surface area contributed by atoms with Crippen LogP contribution in [0.4, 0.5) is 0 Å². The van der Waals surface area contributed by atoms with Crippen molar-refractivity contribution in [2.75, 3.05) is 6.54 Å². The lowest BCUT2D eigenvalue weighted by atomic mass is 10.2. The normalized spacial score (nSPS) is 10.0. The molecule has 0 fully saturated rings. The molecule has 0 saturated heterocycles. The lowest BCUT2D eigenvalue weighted by Gasteiger charge is -2.07. The highest BCUT2D eigenvalue weighted by Crippen LogP contribution is 2.09. The number of H-pyrrole nitrogens is 1. The fourth-order valence-electron chi connectivity index (χ4n) is 1.88. The van der Waals surface area contributed by atoms with Crippen LogP contribution in [0.25, 0.3) is 0 Å². The highest BCUT2D eigenvalue weighted by atomic mass is 35.5. The number of aromatic nitrogens is 1. The van der Waals surface area contributed by atoms with Gasteiger partial charge in [-0.1, -0.05) is 11.6 Å². The number of amides is 3. The van der Waals surface area contributed by atoms with E-state index in [1.54, 1.807) is 42.6 Å². The molecule has 0 unspecified atom stereocenters. The quantitative estimate of drug-likeness (QED) is 0.471. The van der Waals surface area contributed by atoms with Gasteiger partial charge in [0.2, 0.25) is 5.91 Å². The zero-order valence-electron chi connectivity index (χ0n) is 12.8. The van der Waals surface area contributed by atoms with Crippen LogP contribution in [0, 0.1) is 0 Å². The lowest BCUT2D eigenvalue weighted by molar-refractivity contribution is -0.121. The van der Waals surface area contributed by atoms with Crippen molar-refractivity contribution < 1.29 is 14.4 Å². The Balaban J connectivity index is 1.61. The predicted octanol–water partition coefficient (Wildman–Crippen LogP) is 1.64. The topological polar surface area (TPSA) is 103 Å². The van der Waals surface area contributed by atoms with Crippen molar-refractivity contribution in [1.82, 2.24) is 21.2 Å². The molecule has 1 aromatic heterocycles. The van der Waals surface area contributed by atoms with Crippen molar-refractivity contribution in [3.63, 3.8) is 0 Å². The molecule has 4 N–H and O–H groups in total. The third-order valence-corrected chi connectivity index (χ3v) is 3.38. The number of benzene rings is 1. The van der Waals surface area contributed by atoms with E-state index in [-0.39, 0.29) is 18.2 Å². The van der Waals surface area contributed by atoms with Crippen molar-refractivity contribution in [2.45, 2.75) is 12.8 Å². The van der Waals surface area contributed by atoms with Gasteiger partial charge in [-0.3, -0.25) is 25.2 Å². The molecule has 0 aliphatic heterocycles. The van der Waals surface area contributed by atoms with Crippen LogP contribution < -0.4 is 16.2 Å². The molecule has 2 rings (SSSR count). The molecule has 126 valence electrons. The zero-order chi connectivity index (χ0) is 17.4. The van der Waals surface area contributed by atoms with Crippen LogP contribution >= 0.6 is 11.6 Å². The minimum Gasteiger partial charge on any atom is -0.357 e. The van der Waals surface area contributed by atoms with Gasteiger partial charge in [-0.05, 0) is 42.8 Å². The van der Waals surface area contributed by atoms with Crippen LogP contribution in [-0.4, -0.2) is 29.3 Å². The maximum atomic E-state index is 11.8. The predicted molar refractivity (Wildman–Crippen MR) is 89.4 cm³/mol. The highest BCUT2D eigenvalue weighted by molar-refractivity contribution is 6.30. The number of halogens is 1. The van der Waals surface area contributed by atoms with Crippen LogP contribution in [-0.2, 0) is 4.79 Å². The molecule has 0 saturated carbocycles. The summed E-state index contributed by atoms with van der Waals surface area (Å²) in [4.78, 5) is 37.7. The van der Waals surface area contributed by atoms with Crippen molar-refractivity contribution >= 4 is 29.3 Å². The Morgan fingerprint density at radius 3 is 2.42 bits per heavy atom. The van der Waals surface area contributed by atoms with Crippen molar-refractivity contribution in [3.8, 4) is 0 Å². The maximum absolute atomic E-state index is 11.8. The summed E-state index contributed by atoms with van der Waals surface area (Å²) >= 11 is 5.75. The van der Waals surface area contributed by atoms with Gasteiger partial charge in [-0.15, -0.1) is 0 Å². The summed E-state index contributed by atoms with van der Waals surface area (Å²) in [7, 11) is 0. The summed E-state index contributed by atoms with van der Waals surface area (Å²) in [5.74, 6) is -0.993. The van der Waals surface area contributed by atoms with Crippen LogP contribution in [0.15, 0.2) is 42.6 Å². The Hall–Kier alpha value is -2.80. The second kappa shape index (κ2) is 8.73. The van der Waals surface area contributed by atoms with Gasteiger partial charge >= 0.3 is 0 Å². The van der Waals surface area contributed by atoms with Gasteiger partial charge in [-0.2, -0.15) is 0 Å². The van der Waals surface area contributed by atoms with Gasteiger partial charge in [0.05, 0.1) is 0 Å². The minimum atomic E-state index is -0.426. The molecular weight excluding hydrogens is 332 g/mol. The molecular formula is C16H17ClN4O3. The Labute approximate surface area is 143 Å². The highest BCUT2D eigenvalue weighted by Gasteiger charge is 2.08. The molecule has 0 bridgehead atoms. The molecule has 3 amide bonds. The van der Waals surface area contributed by atoms with E-state index in [9.17, 15) is 14.4 Å². The number of carbonyl (C=O) groups is 3. The van der Waals surface area contributed by atoms with Gasteiger partial charge in [-0.25, -0.2) is 0 Å². The fourth-order valence-corrected chi connectivity index (χ4v) is 2.01. The smallest absolute Gasteiger partial charge is 0.286 e. The van der Waals surface area contributed by atoms with E-state index in [2.05, 4.69) is 21.2 Å². The third-order valence-electron chi connectivity index (χ3n) is 3.13. The Kier molecular flexibility index (Phi) is 6.39. The number of carbonyl (C=O) groups excluding carboxylic acids is 3. The lowest BCUT2D eigenvalue weighted by Crippen LogP contribution is -2.41. The van der Waals surface area contributed by atoms with E-state index in [1.807, 2.05) is 0 Å². The summed E-state index contributed by atoms with van der Waals surface area (Å²) < 4.78 is 0. The van der Waals surface area contributed by atoms with Crippen LogP contribution in [0.5, 0.6) is 0 Å². The monoisotopic (exact) mass is 348 g/mol. The molecule has 0 aliphatic carbocycles. The van der Waals surface area contributed by atoms with E-state index >= 15 is 0 Å². The molecule has 0 radical (unpaired) electrons. The number of hydrogen-bond acceptors (Lipinski definition) is 3. The molecule has 1 aromatic carbocycles. The molecule has 8 heteroatoms. The second-order valence-electron chi connectivity index (χ2n) is 4.95. The Morgan fingerprint density at radius 1 is 1.00 bits per heavy atom. The van der Waals surface area contributed by atoms with E-state index in [4.69, 9.17) is 11.6 Å². The maximum Gasteiger partial charge on any atom is 0.286 e. The zero-order valence-corrected chi connectivity index (χ0v) is 13.5. The van der Waals surface area contributed by atoms with Gasteiger partial charge in [0, 0.05) is 29.7 Å². The fraction of sp³-hybridized carbons (Fsp3) is 0.188. The summed E-state index contributed by atoms with van der Waals surface area (Å²) in [5.41, 5.74) is 5.46. The number of aromatic amines is 1. The van der Waals surface area contributed by atoms with Gasteiger partial charge in [0.25, 0.3) is 11.8 Å². The molecule has 7 nitrogen and oxygen atoms in total. The first-order valence-electron chi connectivity index (χ1n) is 7.32. The number of hydrazine groups is 1. The average molecular weight is 349 g/mol.